The Hall–Kier alpha value is -1.87. The summed E-state index contributed by atoms with van der Waals surface area (Å²) in [7, 11) is 0. The van der Waals surface area contributed by atoms with Crippen molar-refractivity contribution in [2.24, 2.45) is 0 Å². The first kappa shape index (κ1) is 40.1. The molecule has 0 aromatic carbocycles. The van der Waals surface area contributed by atoms with Crippen molar-refractivity contribution in [3.8, 4) is 0 Å². The van der Waals surface area contributed by atoms with Gasteiger partial charge in [-0.1, -0.05) is 85.5 Å². The highest BCUT2D eigenvalue weighted by Gasteiger charge is 2.17. The number of hydrogen-bond donors (Lipinski definition) is 1. The zero-order chi connectivity index (χ0) is 31.3. The summed E-state index contributed by atoms with van der Waals surface area (Å²) in [4.78, 5) is 39.7. The third-order valence-corrected chi connectivity index (χ3v) is 7.72. The van der Waals surface area contributed by atoms with E-state index in [1.165, 1.54) is 6.42 Å². The molecule has 42 heavy (non-hydrogen) atoms. The number of carboxylic acids is 1. The van der Waals surface area contributed by atoms with Crippen LogP contribution in [-0.4, -0.2) is 91.6 Å². The number of esters is 1. The van der Waals surface area contributed by atoms with Gasteiger partial charge in [0.25, 0.3) is 0 Å². The molecule has 1 N–H and O–H groups in total. The number of unbranched alkanes of at least 4 members (excludes halogenated alkanes) is 10. The van der Waals surface area contributed by atoms with Crippen LogP contribution in [-0.2, 0) is 23.8 Å². The van der Waals surface area contributed by atoms with E-state index in [-0.39, 0.29) is 25.1 Å². The first-order valence-electron chi connectivity index (χ1n) is 17.0. The molecule has 0 bridgehead atoms. The number of hydrogen-bond acceptors (Lipinski definition) is 8. The molecular formula is C33H64N2O7. The van der Waals surface area contributed by atoms with Crippen LogP contribution in [0.4, 0.5) is 4.79 Å². The number of likely N-dealkylation sites (N-methyl/N-ethyl adjacent to an activating group) is 1. The minimum absolute atomic E-state index is 0.132. The molecule has 1 atom stereocenters. The summed E-state index contributed by atoms with van der Waals surface area (Å²) in [6, 6.07) is 0. The Morgan fingerprint density at radius 2 is 1.10 bits per heavy atom. The van der Waals surface area contributed by atoms with E-state index >= 15 is 0 Å². The highest BCUT2D eigenvalue weighted by atomic mass is 16.7. The second-order valence-corrected chi connectivity index (χ2v) is 11.3. The highest BCUT2D eigenvalue weighted by molar-refractivity contribution is 5.69. The fourth-order valence-electron chi connectivity index (χ4n) is 4.88. The first-order chi connectivity index (χ1) is 20.4. The van der Waals surface area contributed by atoms with E-state index in [9.17, 15) is 14.4 Å². The Morgan fingerprint density at radius 1 is 0.595 bits per heavy atom. The van der Waals surface area contributed by atoms with E-state index in [2.05, 4.69) is 37.5 Å². The molecule has 0 spiro atoms. The van der Waals surface area contributed by atoms with Gasteiger partial charge in [-0.25, -0.2) is 4.79 Å². The molecule has 0 heterocycles. The van der Waals surface area contributed by atoms with Gasteiger partial charge in [-0.2, -0.15) is 0 Å². The molecule has 0 aromatic rings. The smallest absolute Gasteiger partial charge is 0.481 e. The summed E-state index contributed by atoms with van der Waals surface area (Å²) in [5.74, 6) is -0.869. The molecule has 0 rings (SSSR count). The third kappa shape index (κ3) is 25.8. The van der Waals surface area contributed by atoms with Crippen molar-refractivity contribution in [1.29, 1.82) is 0 Å². The molecule has 248 valence electrons. The summed E-state index contributed by atoms with van der Waals surface area (Å²) < 4.78 is 16.7. The number of carboxylic acid groups (broad SMARTS) is 1. The largest absolute Gasteiger partial charge is 0.508 e. The number of ether oxygens (including phenoxy) is 3. The van der Waals surface area contributed by atoms with Gasteiger partial charge in [0, 0.05) is 39.0 Å². The molecule has 0 amide bonds. The minimum Gasteiger partial charge on any atom is -0.481 e. The fourth-order valence-corrected chi connectivity index (χ4v) is 4.88. The minimum atomic E-state index is -0.726. The lowest BCUT2D eigenvalue weighted by atomic mass is 10.0. The summed E-state index contributed by atoms with van der Waals surface area (Å²) in [5.41, 5.74) is 0. The van der Waals surface area contributed by atoms with Gasteiger partial charge in [0.05, 0.1) is 0 Å². The average molecular weight is 601 g/mol. The van der Waals surface area contributed by atoms with Crippen molar-refractivity contribution >= 4 is 18.1 Å². The van der Waals surface area contributed by atoms with Crippen LogP contribution in [0.25, 0.3) is 0 Å². The van der Waals surface area contributed by atoms with Gasteiger partial charge in [0.2, 0.25) is 0 Å². The van der Waals surface area contributed by atoms with Crippen molar-refractivity contribution in [3.63, 3.8) is 0 Å². The van der Waals surface area contributed by atoms with Crippen LogP contribution in [0.1, 0.15) is 137 Å². The number of rotatable bonds is 30. The number of nitrogens with zero attached hydrogens (tertiary/aromatic N) is 2. The molecule has 0 radical (unpaired) electrons. The number of aliphatic carboxylic acids is 1. The van der Waals surface area contributed by atoms with Crippen molar-refractivity contribution in [2.75, 3.05) is 52.5 Å². The first-order valence-corrected chi connectivity index (χ1v) is 17.0. The molecule has 1 unspecified atom stereocenters. The zero-order valence-corrected chi connectivity index (χ0v) is 27.5. The summed E-state index contributed by atoms with van der Waals surface area (Å²) >= 11 is 0. The SMILES string of the molecule is CCCCCCC(CCCCCCCCC(=O)O)OC(=O)OCCN(CCOC(=O)CCCCC)CCN(CC)CC. The van der Waals surface area contributed by atoms with E-state index < -0.39 is 12.1 Å². The lowest BCUT2D eigenvalue weighted by Gasteiger charge is -2.26. The van der Waals surface area contributed by atoms with Crippen molar-refractivity contribution < 1.29 is 33.7 Å². The summed E-state index contributed by atoms with van der Waals surface area (Å²) in [6.07, 6.45) is 15.0. The maximum atomic E-state index is 12.6. The lowest BCUT2D eigenvalue weighted by molar-refractivity contribution is -0.144. The predicted molar refractivity (Wildman–Crippen MR) is 169 cm³/mol. The van der Waals surface area contributed by atoms with Gasteiger partial charge in [-0.05, 0) is 51.6 Å². The lowest BCUT2D eigenvalue weighted by Crippen LogP contribution is -2.39. The van der Waals surface area contributed by atoms with E-state index in [4.69, 9.17) is 19.3 Å². The number of carbonyl (C=O) groups excluding carboxylic acids is 2. The van der Waals surface area contributed by atoms with Crippen molar-refractivity contribution in [3.05, 3.63) is 0 Å². The maximum absolute atomic E-state index is 12.6. The molecule has 0 aliphatic rings. The normalized spacial score (nSPS) is 12.0. The quantitative estimate of drug-likeness (QED) is 0.0664. The van der Waals surface area contributed by atoms with Gasteiger partial charge in [0.1, 0.15) is 19.3 Å². The van der Waals surface area contributed by atoms with E-state index in [0.717, 1.165) is 116 Å². The third-order valence-electron chi connectivity index (χ3n) is 7.72. The summed E-state index contributed by atoms with van der Waals surface area (Å²) in [5, 5.41) is 8.75. The zero-order valence-electron chi connectivity index (χ0n) is 27.5. The molecule has 0 aliphatic heterocycles. The second-order valence-electron chi connectivity index (χ2n) is 11.3. The van der Waals surface area contributed by atoms with Crippen LogP contribution in [0.5, 0.6) is 0 Å². The molecule has 0 aromatic heterocycles. The van der Waals surface area contributed by atoms with Crippen molar-refractivity contribution in [2.45, 2.75) is 143 Å². The van der Waals surface area contributed by atoms with Gasteiger partial charge in [-0.3, -0.25) is 14.5 Å². The Bertz CT molecular complexity index is 658. The maximum Gasteiger partial charge on any atom is 0.508 e. The predicted octanol–water partition coefficient (Wildman–Crippen LogP) is 7.45. The summed E-state index contributed by atoms with van der Waals surface area (Å²) in [6.45, 7) is 14.0. The topological polar surface area (TPSA) is 106 Å². The van der Waals surface area contributed by atoms with Crippen molar-refractivity contribution in [1.82, 2.24) is 9.80 Å². The van der Waals surface area contributed by atoms with Crippen LogP contribution in [0, 0.1) is 0 Å². The molecular weight excluding hydrogens is 536 g/mol. The fraction of sp³-hybridized carbons (Fsp3) is 0.909. The number of carbonyl (C=O) groups is 3. The van der Waals surface area contributed by atoms with Crippen LogP contribution in [0.2, 0.25) is 0 Å². The molecule has 9 nitrogen and oxygen atoms in total. The molecule has 0 aliphatic carbocycles. The Balaban J connectivity index is 4.61. The van der Waals surface area contributed by atoms with Gasteiger partial charge in [0.15, 0.2) is 0 Å². The van der Waals surface area contributed by atoms with Crippen LogP contribution in [0.15, 0.2) is 0 Å². The molecule has 0 fully saturated rings. The Morgan fingerprint density at radius 3 is 1.69 bits per heavy atom. The molecule has 0 saturated heterocycles. The Labute approximate surface area is 257 Å². The monoisotopic (exact) mass is 600 g/mol. The molecule has 0 saturated carbocycles. The van der Waals surface area contributed by atoms with Crippen LogP contribution in [0.3, 0.4) is 0 Å². The van der Waals surface area contributed by atoms with E-state index in [1.807, 2.05) is 0 Å². The Kier molecular flexibility index (Phi) is 27.9. The van der Waals surface area contributed by atoms with Crippen LogP contribution >= 0.6 is 0 Å². The van der Waals surface area contributed by atoms with Gasteiger partial charge >= 0.3 is 18.1 Å². The van der Waals surface area contributed by atoms with Gasteiger partial charge in [-0.15, -0.1) is 0 Å². The average Bonchev–Trinajstić information content (AvgIpc) is 2.96. The van der Waals surface area contributed by atoms with Gasteiger partial charge < -0.3 is 24.2 Å². The van der Waals surface area contributed by atoms with Crippen LogP contribution < -0.4 is 0 Å². The second kappa shape index (κ2) is 29.2. The van der Waals surface area contributed by atoms with E-state index in [1.54, 1.807) is 0 Å². The highest BCUT2D eigenvalue weighted by Crippen LogP contribution is 2.17. The van der Waals surface area contributed by atoms with E-state index in [0.29, 0.717) is 26.1 Å². The standard InChI is InChI=1S/C33H64N2O7/c1-5-9-11-17-20-30(21-18-14-12-13-15-19-22-31(36)37)42-33(39)41-29-27-35(25-24-34(7-3)8-4)26-28-40-32(38)23-16-10-6-2/h30H,5-29H2,1-4H3,(H,36,37). The molecule has 9 heteroatoms.